The average Bonchev–Trinajstić information content (AvgIpc) is 3.18. The zero-order chi connectivity index (χ0) is 15.0. The fourth-order valence-electron chi connectivity index (χ4n) is 6.53. The smallest absolute Gasteiger partial charge is 0.213 e. The molecule has 22 heavy (non-hydrogen) atoms. The fraction of sp³-hybridized carbons (Fsp3) is 0.789. The van der Waals surface area contributed by atoms with Gasteiger partial charge in [-0.3, -0.25) is 0 Å². The second-order valence-corrected chi connectivity index (χ2v) is 8.36. The molecule has 0 N–H and O–H groups in total. The Morgan fingerprint density at radius 2 is 1.64 bits per heavy atom. The quantitative estimate of drug-likeness (QED) is 0.782. The lowest BCUT2D eigenvalue weighted by Crippen LogP contribution is -2.45. The molecule has 3 saturated carbocycles. The summed E-state index contributed by atoms with van der Waals surface area (Å²) >= 11 is 0. The van der Waals surface area contributed by atoms with E-state index >= 15 is 0 Å². The van der Waals surface area contributed by atoms with Crippen molar-refractivity contribution in [3.63, 3.8) is 0 Å². The van der Waals surface area contributed by atoms with Gasteiger partial charge in [-0.25, -0.2) is 4.99 Å². The maximum absolute atomic E-state index is 9.86. The van der Waals surface area contributed by atoms with Crippen LogP contribution in [0.4, 0.5) is 0 Å². The van der Waals surface area contributed by atoms with Crippen LogP contribution in [0.5, 0.6) is 0 Å². The molecule has 116 valence electrons. The minimum Gasteiger partial charge on any atom is -0.475 e. The Bertz CT molecular complexity index is 606. The summed E-state index contributed by atoms with van der Waals surface area (Å²) in [5.41, 5.74) is 2.31. The minimum atomic E-state index is 0.275. The van der Waals surface area contributed by atoms with Crippen molar-refractivity contribution in [1.82, 2.24) is 0 Å². The molecule has 5 atom stereocenters. The van der Waals surface area contributed by atoms with E-state index < -0.39 is 0 Å². The lowest BCUT2D eigenvalue weighted by atomic mass is 9.55. The van der Waals surface area contributed by atoms with E-state index in [0.717, 1.165) is 35.1 Å². The van der Waals surface area contributed by atoms with Gasteiger partial charge in [0.2, 0.25) is 5.90 Å². The predicted octanol–water partition coefficient (Wildman–Crippen LogP) is 3.57. The topological polar surface area (TPSA) is 45.4 Å². The Hall–Kier alpha value is -1.30. The van der Waals surface area contributed by atoms with Gasteiger partial charge in [-0.2, -0.15) is 5.26 Å². The molecule has 0 spiro atoms. The van der Waals surface area contributed by atoms with Crippen LogP contribution in [-0.2, 0) is 4.74 Å². The molecule has 0 aromatic rings. The zero-order valence-electron chi connectivity index (χ0n) is 13.5. The van der Waals surface area contributed by atoms with Crippen LogP contribution in [-0.4, -0.2) is 18.5 Å². The van der Waals surface area contributed by atoms with E-state index in [1.54, 1.807) is 0 Å². The molecular formula is C19H24N2O. The number of nitrogens with zero attached hydrogens (tertiary/aromatic N) is 2. The average molecular weight is 296 g/mol. The van der Waals surface area contributed by atoms with Gasteiger partial charge in [-0.15, -0.1) is 0 Å². The van der Waals surface area contributed by atoms with E-state index in [1.807, 2.05) is 0 Å². The van der Waals surface area contributed by atoms with Gasteiger partial charge >= 0.3 is 0 Å². The van der Waals surface area contributed by atoms with Crippen molar-refractivity contribution in [2.24, 2.45) is 46.4 Å². The maximum atomic E-state index is 9.86. The van der Waals surface area contributed by atoms with E-state index in [-0.39, 0.29) is 6.04 Å². The lowest BCUT2D eigenvalue weighted by Gasteiger charge is -2.48. The van der Waals surface area contributed by atoms with Gasteiger partial charge in [-0.05, 0) is 61.2 Å². The number of rotatable bonds is 2. The van der Waals surface area contributed by atoms with Gasteiger partial charge in [0.1, 0.15) is 6.61 Å². The lowest BCUT2D eigenvalue weighted by molar-refractivity contribution is 0.0986. The minimum absolute atomic E-state index is 0.275. The number of hydrogen-bond donors (Lipinski definition) is 0. The Labute approximate surface area is 132 Å². The zero-order valence-corrected chi connectivity index (χ0v) is 13.5. The first-order valence-corrected chi connectivity index (χ1v) is 9.05. The second kappa shape index (κ2) is 4.37. The number of ether oxygens (including phenoxy) is 1. The molecule has 1 heterocycles. The van der Waals surface area contributed by atoms with Gasteiger partial charge < -0.3 is 4.74 Å². The normalized spacial score (nSPS) is 47.9. The number of allylic oxidation sites excluding steroid dienone is 1. The highest BCUT2D eigenvalue weighted by Gasteiger charge is 2.63. The van der Waals surface area contributed by atoms with Crippen molar-refractivity contribution in [3.05, 3.63) is 11.1 Å². The van der Waals surface area contributed by atoms with Crippen LogP contribution in [0.15, 0.2) is 16.1 Å². The molecule has 0 aromatic heterocycles. The number of hydrogen-bond acceptors (Lipinski definition) is 3. The van der Waals surface area contributed by atoms with E-state index in [1.165, 1.54) is 31.3 Å². The highest BCUT2D eigenvalue weighted by atomic mass is 16.5. The van der Waals surface area contributed by atoms with E-state index in [0.29, 0.717) is 24.4 Å². The van der Waals surface area contributed by atoms with Crippen molar-refractivity contribution in [2.75, 3.05) is 6.61 Å². The van der Waals surface area contributed by atoms with E-state index in [9.17, 15) is 5.26 Å². The molecular weight excluding hydrogens is 272 g/mol. The summed E-state index contributed by atoms with van der Waals surface area (Å²) in [6.07, 6.45) is 5.45. The fourth-order valence-corrected chi connectivity index (χ4v) is 6.53. The molecule has 6 rings (SSSR count). The van der Waals surface area contributed by atoms with Crippen molar-refractivity contribution < 1.29 is 4.74 Å². The Balaban J connectivity index is 1.63. The molecule has 6 aliphatic rings. The van der Waals surface area contributed by atoms with Crippen LogP contribution in [0.1, 0.15) is 39.5 Å². The van der Waals surface area contributed by atoms with Crippen LogP contribution >= 0.6 is 0 Å². The number of aliphatic imine (C=N–C) groups is 1. The third kappa shape index (κ3) is 1.44. The summed E-state index contributed by atoms with van der Waals surface area (Å²) in [6.45, 7) is 5.11. The molecule has 5 aliphatic carbocycles. The van der Waals surface area contributed by atoms with Crippen LogP contribution in [0.2, 0.25) is 0 Å². The van der Waals surface area contributed by atoms with Crippen LogP contribution in [0.3, 0.4) is 0 Å². The van der Waals surface area contributed by atoms with Crippen molar-refractivity contribution in [2.45, 2.75) is 45.6 Å². The maximum Gasteiger partial charge on any atom is 0.213 e. The molecule has 3 fully saturated rings. The SMILES string of the molecule is CC(C)[C@H]1COC(C2=C(C#N)C3C4CCC3C3CCC4C23)=N1. The first-order chi connectivity index (χ1) is 10.7. The van der Waals surface area contributed by atoms with Gasteiger partial charge in [-0.1, -0.05) is 13.8 Å². The summed E-state index contributed by atoms with van der Waals surface area (Å²) < 4.78 is 6.01. The largest absolute Gasteiger partial charge is 0.475 e. The summed E-state index contributed by atoms with van der Waals surface area (Å²) in [5.74, 6) is 5.67. The highest BCUT2D eigenvalue weighted by molar-refractivity contribution is 5.97. The third-order valence-electron chi connectivity index (χ3n) is 7.36. The van der Waals surface area contributed by atoms with Crippen molar-refractivity contribution in [1.29, 1.82) is 5.26 Å². The van der Waals surface area contributed by atoms with Crippen molar-refractivity contribution in [3.8, 4) is 6.07 Å². The Morgan fingerprint density at radius 1 is 1.05 bits per heavy atom. The molecule has 4 unspecified atom stereocenters. The van der Waals surface area contributed by atoms with Crippen molar-refractivity contribution >= 4 is 5.90 Å². The molecule has 0 saturated heterocycles. The molecule has 3 heteroatoms. The van der Waals surface area contributed by atoms with Crippen LogP contribution in [0, 0.1) is 52.8 Å². The van der Waals surface area contributed by atoms with Gasteiger partial charge in [0, 0.05) is 17.1 Å². The van der Waals surface area contributed by atoms with E-state index in [4.69, 9.17) is 9.73 Å². The monoisotopic (exact) mass is 296 g/mol. The first-order valence-electron chi connectivity index (χ1n) is 9.05. The highest BCUT2D eigenvalue weighted by Crippen LogP contribution is 2.69. The molecule has 0 radical (unpaired) electrons. The van der Waals surface area contributed by atoms with Crippen LogP contribution in [0.25, 0.3) is 0 Å². The second-order valence-electron chi connectivity index (χ2n) is 8.36. The summed E-state index contributed by atoms with van der Waals surface area (Å²) in [4.78, 5) is 4.88. The van der Waals surface area contributed by atoms with Gasteiger partial charge in [0.25, 0.3) is 0 Å². The first kappa shape index (κ1) is 13.2. The van der Waals surface area contributed by atoms with Gasteiger partial charge in [0.15, 0.2) is 0 Å². The predicted molar refractivity (Wildman–Crippen MR) is 84.1 cm³/mol. The third-order valence-corrected chi connectivity index (χ3v) is 7.36. The molecule has 0 aromatic carbocycles. The molecule has 6 bridgehead atoms. The standard InChI is InChI=1S/C19H24N2O/c1-9(2)15-8-22-19(21-15)18-14(7-20)16-10-3-4-11(16)13-6-5-12(10)17(13)18/h9-13,15-17H,3-6,8H2,1-2H3/t10?,11?,12?,13?,15-,16?,17?/m1/s1. The van der Waals surface area contributed by atoms with Gasteiger partial charge in [0.05, 0.1) is 12.1 Å². The summed E-state index contributed by atoms with van der Waals surface area (Å²) in [5, 5.41) is 9.86. The van der Waals surface area contributed by atoms with E-state index in [2.05, 4.69) is 19.9 Å². The number of nitriles is 1. The molecule has 1 aliphatic heterocycles. The molecule has 0 amide bonds. The van der Waals surface area contributed by atoms with Crippen LogP contribution < -0.4 is 0 Å². The summed E-state index contributed by atoms with van der Waals surface area (Å²) in [7, 11) is 0. The Kier molecular flexibility index (Phi) is 2.62. The molecule has 3 nitrogen and oxygen atoms in total. The Morgan fingerprint density at radius 3 is 2.14 bits per heavy atom. The summed E-state index contributed by atoms with van der Waals surface area (Å²) in [6, 6.07) is 2.87.